The summed E-state index contributed by atoms with van der Waals surface area (Å²) in [6, 6.07) is 3.89. The number of nitriles is 1. The van der Waals surface area contributed by atoms with E-state index in [1.165, 1.54) is 0 Å². The molecule has 124 valence electrons. The van der Waals surface area contributed by atoms with Crippen molar-refractivity contribution in [1.29, 1.82) is 5.26 Å². The van der Waals surface area contributed by atoms with E-state index in [9.17, 15) is 10.1 Å². The number of ether oxygens (including phenoxy) is 1. The van der Waals surface area contributed by atoms with Crippen molar-refractivity contribution in [2.75, 3.05) is 19.8 Å². The highest BCUT2D eigenvalue weighted by Crippen LogP contribution is 2.22. The maximum absolute atomic E-state index is 11.9. The van der Waals surface area contributed by atoms with Gasteiger partial charge >= 0.3 is 0 Å². The Labute approximate surface area is 136 Å². The zero-order valence-electron chi connectivity index (χ0n) is 13.6. The maximum Gasteiger partial charge on any atom is 0.262 e. The van der Waals surface area contributed by atoms with Crippen LogP contribution in [0.5, 0.6) is 0 Å². The summed E-state index contributed by atoms with van der Waals surface area (Å²) in [5, 5.41) is 20.4. The summed E-state index contributed by atoms with van der Waals surface area (Å²) < 4.78 is 7.85. The molecule has 0 spiro atoms. The van der Waals surface area contributed by atoms with Crippen LogP contribution in [-0.2, 0) is 16.1 Å². The van der Waals surface area contributed by atoms with Gasteiger partial charge in [0.25, 0.3) is 5.91 Å². The van der Waals surface area contributed by atoms with Gasteiger partial charge in [-0.15, -0.1) is 0 Å². The minimum absolute atomic E-state index is 0.0378. The minimum Gasteiger partial charge on any atom is -0.395 e. The highest BCUT2D eigenvalue weighted by Gasteiger charge is 2.19. The number of aryl methyl sites for hydroxylation is 1. The van der Waals surface area contributed by atoms with E-state index < -0.39 is 5.91 Å². The first-order valence-electron chi connectivity index (χ1n) is 7.86. The smallest absolute Gasteiger partial charge is 0.262 e. The van der Waals surface area contributed by atoms with Gasteiger partial charge < -0.3 is 19.7 Å². The number of carbonyl (C=O) groups is 1. The number of rotatable bonds is 6. The zero-order chi connectivity index (χ0) is 16.8. The summed E-state index contributed by atoms with van der Waals surface area (Å²) in [6.45, 7) is 5.59. The maximum atomic E-state index is 11.9. The number of nitrogens with one attached hydrogen (secondary N) is 1. The quantitative estimate of drug-likeness (QED) is 0.611. The molecule has 6 nitrogen and oxygen atoms in total. The third kappa shape index (κ3) is 4.21. The Balaban J connectivity index is 2.20. The molecule has 1 atom stereocenters. The normalized spacial score (nSPS) is 18.0. The first kappa shape index (κ1) is 17.3. The lowest BCUT2D eigenvalue weighted by atomic mass is 10.1. The predicted octanol–water partition coefficient (Wildman–Crippen LogP) is 1.30. The number of carbonyl (C=O) groups excluding carboxylic acids is 1. The van der Waals surface area contributed by atoms with Crippen LogP contribution < -0.4 is 5.32 Å². The molecular weight excluding hydrogens is 294 g/mol. The van der Waals surface area contributed by atoms with E-state index in [2.05, 4.69) is 9.88 Å². The number of aliphatic hydroxyl groups excluding tert-OH is 1. The highest BCUT2D eigenvalue weighted by molar-refractivity contribution is 6.01. The molecule has 1 aromatic rings. The Kier molecular flexibility index (Phi) is 5.97. The molecule has 23 heavy (non-hydrogen) atoms. The lowest BCUT2D eigenvalue weighted by molar-refractivity contribution is -0.117. The van der Waals surface area contributed by atoms with Crippen LogP contribution >= 0.6 is 0 Å². The van der Waals surface area contributed by atoms with Crippen molar-refractivity contribution in [3.05, 3.63) is 28.6 Å². The summed E-state index contributed by atoms with van der Waals surface area (Å²) in [5.74, 6) is -0.467. The average molecular weight is 317 g/mol. The lowest BCUT2D eigenvalue weighted by Crippen LogP contribution is -2.27. The number of hydrogen-bond acceptors (Lipinski definition) is 4. The van der Waals surface area contributed by atoms with E-state index in [1.54, 1.807) is 6.08 Å². The summed E-state index contributed by atoms with van der Waals surface area (Å²) >= 11 is 0. The number of aliphatic hydroxyl groups is 1. The molecule has 1 saturated heterocycles. The molecule has 0 aliphatic carbocycles. The second kappa shape index (κ2) is 7.95. The monoisotopic (exact) mass is 317 g/mol. The van der Waals surface area contributed by atoms with Gasteiger partial charge in [-0.3, -0.25) is 4.79 Å². The SMILES string of the molecule is Cc1cc(/C=C(/C#N)C(=O)NCCO)c(C)n1CC1CCCO1. The summed E-state index contributed by atoms with van der Waals surface area (Å²) in [7, 11) is 0. The van der Waals surface area contributed by atoms with Crippen LogP contribution in [-0.4, -0.2) is 41.4 Å². The minimum atomic E-state index is -0.467. The van der Waals surface area contributed by atoms with Gasteiger partial charge in [0.15, 0.2) is 0 Å². The van der Waals surface area contributed by atoms with Crippen molar-refractivity contribution < 1.29 is 14.6 Å². The van der Waals surface area contributed by atoms with Crippen LogP contribution in [0.25, 0.3) is 6.08 Å². The van der Waals surface area contributed by atoms with Crippen LogP contribution in [0.1, 0.15) is 29.8 Å². The van der Waals surface area contributed by atoms with E-state index in [-0.39, 0.29) is 24.8 Å². The fraction of sp³-hybridized carbons (Fsp3) is 0.529. The molecule has 2 N–H and O–H groups in total. The second-order valence-electron chi connectivity index (χ2n) is 5.72. The van der Waals surface area contributed by atoms with Gasteiger partial charge in [0.05, 0.1) is 12.7 Å². The van der Waals surface area contributed by atoms with Gasteiger partial charge in [0.2, 0.25) is 0 Å². The topological polar surface area (TPSA) is 87.3 Å². The van der Waals surface area contributed by atoms with Crippen molar-refractivity contribution >= 4 is 12.0 Å². The molecule has 1 amide bonds. The van der Waals surface area contributed by atoms with Gasteiger partial charge in [-0.05, 0) is 44.4 Å². The Hall–Kier alpha value is -2.10. The molecular formula is C17H23N3O3. The molecule has 6 heteroatoms. The molecule has 0 bridgehead atoms. The Morgan fingerprint density at radius 1 is 1.61 bits per heavy atom. The van der Waals surface area contributed by atoms with Crippen molar-refractivity contribution in [3.8, 4) is 6.07 Å². The van der Waals surface area contributed by atoms with Crippen LogP contribution in [0.4, 0.5) is 0 Å². The van der Waals surface area contributed by atoms with Crippen molar-refractivity contribution in [2.45, 2.75) is 39.3 Å². The molecule has 1 fully saturated rings. The molecule has 1 aliphatic rings. The van der Waals surface area contributed by atoms with E-state index in [0.29, 0.717) is 0 Å². The third-order valence-electron chi connectivity index (χ3n) is 4.09. The van der Waals surface area contributed by atoms with E-state index in [0.717, 1.165) is 42.9 Å². The summed E-state index contributed by atoms with van der Waals surface area (Å²) in [4.78, 5) is 11.9. The van der Waals surface area contributed by atoms with Gasteiger partial charge in [-0.2, -0.15) is 5.26 Å². The first-order valence-corrected chi connectivity index (χ1v) is 7.86. The van der Waals surface area contributed by atoms with Gasteiger partial charge in [-0.25, -0.2) is 0 Å². The second-order valence-corrected chi connectivity index (χ2v) is 5.72. The molecule has 0 saturated carbocycles. The standard InChI is InChI=1S/C17H23N3O3/c1-12-8-14(9-15(10-18)17(22)19-5-6-21)13(2)20(12)11-16-4-3-7-23-16/h8-9,16,21H,3-7,11H2,1-2H3,(H,19,22)/b15-9-. The Bertz CT molecular complexity index is 634. The first-order chi connectivity index (χ1) is 11.1. The average Bonchev–Trinajstić information content (AvgIpc) is 3.14. The molecule has 2 rings (SSSR count). The molecule has 1 aliphatic heterocycles. The number of nitrogens with zero attached hydrogens (tertiary/aromatic N) is 2. The molecule has 1 aromatic heterocycles. The third-order valence-corrected chi connectivity index (χ3v) is 4.09. The summed E-state index contributed by atoms with van der Waals surface area (Å²) in [5.41, 5.74) is 2.99. The molecule has 1 unspecified atom stereocenters. The van der Waals surface area contributed by atoms with Gasteiger partial charge in [0.1, 0.15) is 11.6 Å². The Morgan fingerprint density at radius 2 is 2.39 bits per heavy atom. The van der Waals surface area contributed by atoms with Crippen LogP contribution in [0.2, 0.25) is 0 Å². The van der Waals surface area contributed by atoms with Crippen LogP contribution in [0.3, 0.4) is 0 Å². The molecule has 0 aromatic carbocycles. The summed E-state index contributed by atoms with van der Waals surface area (Å²) in [6.07, 6.45) is 4.00. The Morgan fingerprint density at radius 3 is 3.00 bits per heavy atom. The fourth-order valence-electron chi connectivity index (χ4n) is 2.82. The van der Waals surface area contributed by atoms with Crippen LogP contribution in [0, 0.1) is 25.2 Å². The van der Waals surface area contributed by atoms with E-state index >= 15 is 0 Å². The van der Waals surface area contributed by atoms with Crippen molar-refractivity contribution in [1.82, 2.24) is 9.88 Å². The van der Waals surface area contributed by atoms with Gasteiger partial charge in [-0.1, -0.05) is 0 Å². The molecule has 0 radical (unpaired) electrons. The van der Waals surface area contributed by atoms with E-state index in [4.69, 9.17) is 9.84 Å². The number of hydrogen-bond donors (Lipinski definition) is 2. The zero-order valence-corrected chi connectivity index (χ0v) is 13.6. The number of aromatic nitrogens is 1. The lowest BCUT2D eigenvalue weighted by Gasteiger charge is -2.14. The van der Waals surface area contributed by atoms with Crippen molar-refractivity contribution in [3.63, 3.8) is 0 Å². The number of amides is 1. The van der Waals surface area contributed by atoms with Gasteiger partial charge in [0, 0.05) is 31.1 Å². The van der Waals surface area contributed by atoms with Crippen molar-refractivity contribution in [2.24, 2.45) is 0 Å². The predicted molar refractivity (Wildman–Crippen MR) is 86.6 cm³/mol. The largest absolute Gasteiger partial charge is 0.395 e. The van der Waals surface area contributed by atoms with Crippen LogP contribution in [0.15, 0.2) is 11.6 Å². The highest BCUT2D eigenvalue weighted by atomic mass is 16.5. The van der Waals surface area contributed by atoms with E-state index in [1.807, 2.05) is 26.0 Å². The fourth-order valence-corrected chi connectivity index (χ4v) is 2.82. The molecule has 2 heterocycles.